The lowest BCUT2D eigenvalue weighted by atomic mass is 9.90. The molecule has 0 saturated carbocycles. The van der Waals surface area contributed by atoms with Gasteiger partial charge in [-0.15, -0.1) is 0 Å². The average molecular weight is 283 g/mol. The highest BCUT2D eigenvalue weighted by atomic mass is 32.2. The van der Waals surface area contributed by atoms with E-state index in [1.54, 1.807) is 31.2 Å². The third-order valence-corrected chi connectivity index (χ3v) is 5.47. The average Bonchev–Trinajstić information content (AvgIpc) is 2.75. The van der Waals surface area contributed by atoms with Gasteiger partial charge in [0.2, 0.25) is 10.0 Å². The van der Waals surface area contributed by atoms with Crippen LogP contribution in [-0.4, -0.2) is 36.9 Å². The van der Waals surface area contributed by atoms with Gasteiger partial charge in [0.1, 0.15) is 0 Å². The number of carbonyl (C=O) groups is 1. The van der Waals surface area contributed by atoms with Crippen molar-refractivity contribution in [3.63, 3.8) is 0 Å². The molecule has 1 aliphatic heterocycles. The Balaban J connectivity index is 2.28. The molecule has 0 spiro atoms. The third-order valence-electron chi connectivity index (χ3n) is 3.61. The minimum atomic E-state index is -3.59. The second kappa shape index (κ2) is 4.61. The lowest BCUT2D eigenvalue weighted by Crippen LogP contribution is -2.34. The zero-order valence-electron chi connectivity index (χ0n) is 11.0. The summed E-state index contributed by atoms with van der Waals surface area (Å²) >= 11 is 0. The first-order chi connectivity index (χ1) is 8.75. The van der Waals surface area contributed by atoms with Crippen molar-refractivity contribution in [1.82, 2.24) is 4.31 Å². The maximum atomic E-state index is 12.4. The highest BCUT2D eigenvalue weighted by Crippen LogP contribution is 2.33. The molecular weight excluding hydrogens is 266 g/mol. The van der Waals surface area contributed by atoms with Crippen LogP contribution in [0.25, 0.3) is 0 Å². The second-order valence-corrected chi connectivity index (χ2v) is 7.21. The monoisotopic (exact) mass is 283 g/mol. The number of sulfonamides is 1. The molecule has 0 aliphatic carbocycles. The van der Waals surface area contributed by atoms with Gasteiger partial charge < -0.3 is 5.11 Å². The molecule has 6 heteroatoms. The Morgan fingerprint density at radius 2 is 1.89 bits per heavy atom. The minimum Gasteiger partial charge on any atom is -0.481 e. The van der Waals surface area contributed by atoms with Crippen molar-refractivity contribution in [1.29, 1.82) is 0 Å². The van der Waals surface area contributed by atoms with Crippen LogP contribution >= 0.6 is 0 Å². The molecule has 1 heterocycles. The number of benzene rings is 1. The molecule has 0 radical (unpaired) electrons. The lowest BCUT2D eigenvalue weighted by molar-refractivity contribution is -0.146. The minimum absolute atomic E-state index is 0.0263. The summed E-state index contributed by atoms with van der Waals surface area (Å²) in [6.45, 7) is 3.74. The lowest BCUT2D eigenvalue weighted by Gasteiger charge is -2.20. The van der Waals surface area contributed by atoms with E-state index < -0.39 is 21.4 Å². The van der Waals surface area contributed by atoms with Crippen molar-refractivity contribution in [2.24, 2.45) is 5.41 Å². The van der Waals surface area contributed by atoms with Crippen LogP contribution in [0.3, 0.4) is 0 Å². The largest absolute Gasteiger partial charge is 0.481 e. The fourth-order valence-corrected chi connectivity index (χ4v) is 3.72. The number of nitrogens with zero attached hydrogens (tertiary/aromatic N) is 1. The molecule has 1 unspecified atom stereocenters. The van der Waals surface area contributed by atoms with E-state index in [1.165, 1.54) is 4.31 Å². The topological polar surface area (TPSA) is 74.7 Å². The van der Waals surface area contributed by atoms with E-state index in [1.807, 2.05) is 6.92 Å². The molecule has 0 bridgehead atoms. The fraction of sp³-hybridized carbons (Fsp3) is 0.462. The van der Waals surface area contributed by atoms with E-state index in [0.29, 0.717) is 6.42 Å². The Labute approximate surface area is 112 Å². The third kappa shape index (κ3) is 2.50. The van der Waals surface area contributed by atoms with Crippen LogP contribution in [0.4, 0.5) is 0 Å². The van der Waals surface area contributed by atoms with E-state index in [-0.39, 0.29) is 18.0 Å². The zero-order valence-corrected chi connectivity index (χ0v) is 11.8. The predicted molar refractivity (Wildman–Crippen MR) is 70.3 cm³/mol. The van der Waals surface area contributed by atoms with E-state index in [4.69, 9.17) is 5.11 Å². The quantitative estimate of drug-likeness (QED) is 0.911. The summed E-state index contributed by atoms with van der Waals surface area (Å²) in [5.41, 5.74) is -0.00615. The van der Waals surface area contributed by atoms with E-state index >= 15 is 0 Å². The van der Waals surface area contributed by atoms with Crippen LogP contribution in [-0.2, 0) is 14.8 Å². The summed E-state index contributed by atoms with van der Waals surface area (Å²) in [5.74, 6) is -0.950. The molecule has 1 aromatic rings. The van der Waals surface area contributed by atoms with Crippen molar-refractivity contribution < 1.29 is 18.3 Å². The maximum absolute atomic E-state index is 12.4. The smallest absolute Gasteiger partial charge is 0.310 e. The van der Waals surface area contributed by atoms with Gasteiger partial charge in [-0.2, -0.15) is 4.31 Å². The highest BCUT2D eigenvalue weighted by molar-refractivity contribution is 7.89. The normalized spacial score (nSPS) is 24.5. The number of hydrogen-bond acceptors (Lipinski definition) is 3. The van der Waals surface area contributed by atoms with Gasteiger partial charge in [0.05, 0.1) is 10.3 Å². The van der Waals surface area contributed by atoms with Gasteiger partial charge in [0.15, 0.2) is 0 Å². The molecule has 1 atom stereocenters. The summed E-state index contributed by atoms with van der Waals surface area (Å²) in [6, 6.07) is 6.58. The molecule has 1 saturated heterocycles. The SMILES string of the molecule is Cc1ccc(S(=O)(=O)N2CCC(C)(C(=O)O)C2)cc1. The number of carboxylic acids is 1. The molecule has 2 rings (SSSR count). The van der Waals surface area contributed by atoms with Gasteiger partial charge >= 0.3 is 5.97 Å². The van der Waals surface area contributed by atoms with E-state index in [2.05, 4.69) is 0 Å². The summed E-state index contributed by atoms with van der Waals surface area (Å²) < 4.78 is 26.0. The fourth-order valence-electron chi connectivity index (χ4n) is 2.16. The van der Waals surface area contributed by atoms with Crippen LogP contribution in [0, 0.1) is 12.3 Å². The van der Waals surface area contributed by atoms with Crippen molar-refractivity contribution >= 4 is 16.0 Å². The number of aryl methyl sites for hydroxylation is 1. The Bertz CT molecular complexity index is 594. The molecule has 0 amide bonds. The number of aliphatic carboxylic acids is 1. The van der Waals surface area contributed by atoms with Gasteiger partial charge in [0, 0.05) is 13.1 Å². The number of rotatable bonds is 3. The molecule has 1 fully saturated rings. The van der Waals surface area contributed by atoms with Gasteiger partial charge in [-0.05, 0) is 32.4 Å². The van der Waals surface area contributed by atoms with Crippen molar-refractivity contribution in [2.45, 2.75) is 25.2 Å². The highest BCUT2D eigenvalue weighted by Gasteiger charge is 2.44. The van der Waals surface area contributed by atoms with Crippen LogP contribution in [0.2, 0.25) is 0 Å². The van der Waals surface area contributed by atoms with Gasteiger partial charge in [-0.3, -0.25) is 4.79 Å². The molecular formula is C13H17NO4S. The maximum Gasteiger partial charge on any atom is 0.310 e. The first kappa shape index (κ1) is 14.0. The molecule has 5 nitrogen and oxygen atoms in total. The molecule has 19 heavy (non-hydrogen) atoms. The van der Waals surface area contributed by atoms with Gasteiger partial charge in [0.25, 0.3) is 0 Å². The summed E-state index contributed by atoms with van der Waals surface area (Å²) in [7, 11) is -3.59. The molecule has 1 N–H and O–H groups in total. The Morgan fingerprint density at radius 3 is 2.37 bits per heavy atom. The van der Waals surface area contributed by atoms with Crippen LogP contribution < -0.4 is 0 Å². The standard InChI is InChI=1S/C13H17NO4S/c1-10-3-5-11(6-4-10)19(17,18)14-8-7-13(2,9-14)12(15)16/h3-6H,7-9H2,1-2H3,(H,15,16). The van der Waals surface area contributed by atoms with E-state index in [9.17, 15) is 13.2 Å². The van der Waals surface area contributed by atoms with Crippen molar-refractivity contribution in [3.8, 4) is 0 Å². The van der Waals surface area contributed by atoms with Crippen molar-refractivity contribution in [2.75, 3.05) is 13.1 Å². The van der Waals surface area contributed by atoms with Crippen molar-refractivity contribution in [3.05, 3.63) is 29.8 Å². The van der Waals surface area contributed by atoms with Crippen LogP contribution in [0.15, 0.2) is 29.2 Å². The Morgan fingerprint density at radius 1 is 1.32 bits per heavy atom. The van der Waals surface area contributed by atoms with Gasteiger partial charge in [-0.1, -0.05) is 17.7 Å². The summed E-state index contributed by atoms with van der Waals surface area (Å²) in [5, 5.41) is 9.14. The van der Waals surface area contributed by atoms with Crippen LogP contribution in [0.1, 0.15) is 18.9 Å². The first-order valence-corrected chi connectivity index (χ1v) is 7.50. The Kier molecular flexibility index (Phi) is 3.40. The second-order valence-electron chi connectivity index (χ2n) is 5.27. The van der Waals surface area contributed by atoms with Crippen LogP contribution in [0.5, 0.6) is 0 Å². The predicted octanol–water partition coefficient (Wildman–Crippen LogP) is 1.48. The Hall–Kier alpha value is -1.40. The van der Waals surface area contributed by atoms with E-state index in [0.717, 1.165) is 5.56 Å². The first-order valence-electron chi connectivity index (χ1n) is 6.06. The molecule has 1 aromatic carbocycles. The van der Waals surface area contributed by atoms with Gasteiger partial charge in [-0.25, -0.2) is 8.42 Å². The summed E-state index contributed by atoms with van der Waals surface area (Å²) in [4.78, 5) is 11.4. The summed E-state index contributed by atoms with van der Waals surface area (Å²) in [6.07, 6.45) is 0.341. The zero-order chi connectivity index (χ0) is 14.3. The molecule has 0 aromatic heterocycles. The molecule has 1 aliphatic rings. The number of hydrogen-bond donors (Lipinski definition) is 1. The molecule has 104 valence electrons. The number of carboxylic acid groups (broad SMARTS) is 1.